The minimum atomic E-state index is -0.594. The van der Waals surface area contributed by atoms with Crippen LogP contribution in [0.3, 0.4) is 0 Å². The molecule has 0 fully saturated rings. The molecule has 1 aromatic heterocycles. The van der Waals surface area contributed by atoms with Crippen molar-refractivity contribution in [3.8, 4) is 5.75 Å². The van der Waals surface area contributed by atoms with Gasteiger partial charge in [0, 0.05) is 12.1 Å². The molecule has 0 saturated heterocycles. The second-order valence-electron chi connectivity index (χ2n) is 5.72. The highest BCUT2D eigenvalue weighted by atomic mass is 16.5. The molecule has 0 saturated carbocycles. The van der Waals surface area contributed by atoms with E-state index in [2.05, 4.69) is 15.0 Å². The molecule has 0 amide bonds. The minimum absolute atomic E-state index is 0.517. The molecule has 2 N–H and O–H groups in total. The van der Waals surface area contributed by atoms with Crippen LogP contribution in [0, 0.1) is 0 Å². The lowest BCUT2D eigenvalue weighted by molar-refractivity contribution is 0.256. The normalized spacial score (nSPS) is 11.9. The second kappa shape index (κ2) is 6.24. The van der Waals surface area contributed by atoms with Gasteiger partial charge >= 0.3 is 0 Å². The van der Waals surface area contributed by atoms with E-state index < -0.39 is 5.54 Å². The van der Waals surface area contributed by atoms with Crippen LogP contribution in [0.4, 0.5) is 0 Å². The average Bonchev–Trinajstić information content (AvgIpc) is 2.87. The minimum Gasteiger partial charge on any atom is -0.496 e. The van der Waals surface area contributed by atoms with Crippen LogP contribution < -0.4 is 10.5 Å². The number of nitrogens with two attached hydrogens (primary N) is 1. The molecule has 0 aliphatic rings. The standard InChI is InChI=1S/C15H22N4O2/c1-15(2,16)14-17-13(21-18-14)10-19(3)9-11-7-5-6-8-12(11)20-4/h5-8H,9-10,16H2,1-4H3. The summed E-state index contributed by atoms with van der Waals surface area (Å²) < 4.78 is 10.6. The number of methoxy groups -OCH3 is 1. The molecule has 6 nitrogen and oxygen atoms in total. The van der Waals surface area contributed by atoms with E-state index in [0.29, 0.717) is 18.3 Å². The number of ether oxygens (including phenoxy) is 1. The smallest absolute Gasteiger partial charge is 0.240 e. The summed E-state index contributed by atoms with van der Waals surface area (Å²) >= 11 is 0. The molecule has 2 aromatic rings. The first-order valence-corrected chi connectivity index (χ1v) is 6.82. The van der Waals surface area contributed by atoms with Crippen molar-refractivity contribution in [2.75, 3.05) is 14.2 Å². The van der Waals surface area contributed by atoms with Crippen molar-refractivity contribution in [3.05, 3.63) is 41.5 Å². The summed E-state index contributed by atoms with van der Waals surface area (Å²) in [5.41, 5.74) is 6.47. The van der Waals surface area contributed by atoms with E-state index in [1.807, 2.05) is 45.2 Å². The van der Waals surface area contributed by atoms with Crippen molar-refractivity contribution >= 4 is 0 Å². The zero-order chi connectivity index (χ0) is 15.5. The SMILES string of the molecule is COc1ccccc1CN(C)Cc1nc(C(C)(C)N)no1. The van der Waals surface area contributed by atoms with Crippen molar-refractivity contribution in [2.45, 2.75) is 32.5 Å². The van der Waals surface area contributed by atoms with E-state index in [4.69, 9.17) is 15.0 Å². The third kappa shape index (κ3) is 4.03. The molecule has 2 rings (SSSR count). The Morgan fingerprint density at radius 3 is 2.62 bits per heavy atom. The van der Waals surface area contributed by atoms with Gasteiger partial charge in [0.2, 0.25) is 5.89 Å². The zero-order valence-corrected chi connectivity index (χ0v) is 13.0. The molecule has 1 heterocycles. The van der Waals surface area contributed by atoms with E-state index in [9.17, 15) is 0 Å². The lowest BCUT2D eigenvalue weighted by atomic mass is 10.1. The summed E-state index contributed by atoms with van der Waals surface area (Å²) in [7, 11) is 3.66. The number of para-hydroxylation sites is 1. The first-order chi connectivity index (χ1) is 9.90. The van der Waals surface area contributed by atoms with Crippen LogP contribution >= 0.6 is 0 Å². The first-order valence-electron chi connectivity index (χ1n) is 6.82. The van der Waals surface area contributed by atoms with Crippen molar-refractivity contribution in [1.82, 2.24) is 15.0 Å². The second-order valence-corrected chi connectivity index (χ2v) is 5.72. The summed E-state index contributed by atoms with van der Waals surface area (Å²) in [6.07, 6.45) is 0. The number of rotatable bonds is 6. The molecular weight excluding hydrogens is 268 g/mol. The third-order valence-corrected chi connectivity index (χ3v) is 3.08. The van der Waals surface area contributed by atoms with Crippen molar-refractivity contribution < 1.29 is 9.26 Å². The van der Waals surface area contributed by atoms with Crippen LogP contribution in [0.25, 0.3) is 0 Å². The molecule has 21 heavy (non-hydrogen) atoms. The highest BCUT2D eigenvalue weighted by Gasteiger charge is 2.21. The van der Waals surface area contributed by atoms with Crippen LogP contribution in [-0.4, -0.2) is 29.2 Å². The van der Waals surface area contributed by atoms with Crippen LogP contribution in [0.5, 0.6) is 5.75 Å². The Balaban J connectivity index is 2.01. The van der Waals surface area contributed by atoms with E-state index in [-0.39, 0.29) is 0 Å². The Morgan fingerprint density at radius 2 is 2.00 bits per heavy atom. The van der Waals surface area contributed by atoms with Crippen molar-refractivity contribution in [2.24, 2.45) is 5.73 Å². The maximum absolute atomic E-state index is 5.95. The largest absolute Gasteiger partial charge is 0.496 e. The summed E-state index contributed by atoms with van der Waals surface area (Å²) in [5.74, 6) is 1.95. The van der Waals surface area contributed by atoms with Gasteiger partial charge in [-0.05, 0) is 27.0 Å². The van der Waals surface area contributed by atoms with Gasteiger partial charge in [0.05, 0.1) is 19.2 Å². The molecule has 1 aromatic carbocycles. The Kier molecular flexibility index (Phi) is 4.59. The summed E-state index contributed by atoms with van der Waals surface area (Å²) in [4.78, 5) is 6.41. The number of aromatic nitrogens is 2. The molecule has 114 valence electrons. The molecule has 0 spiro atoms. The van der Waals surface area contributed by atoms with Crippen LogP contribution in [0.1, 0.15) is 31.1 Å². The van der Waals surface area contributed by atoms with E-state index in [1.54, 1.807) is 7.11 Å². The average molecular weight is 290 g/mol. The van der Waals surface area contributed by atoms with Gasteiger partial charge < -0.3 is 15.0 Å². The van der Waals surface area contributed by atoms with Gasteiger partial charge in [-0.25, -0.2) is 0 Å². The van der Waals surface area contributed by atoms with Gasteiger partial charge in [0.15, 0.2) is 5.82 Å². The lowest BCUT2D eigenvalue weighted by Crippen LogP contribution is -2.30. The van der Waals surface area contributed by atoms with E-state index in [0.717, 1.165) is 17.9 Å². The summed E-state index contributed by atoms with van der Waals surface area (Å²) in [6.45, 7) is 4.98. The van der Waals surface area contributed by atoms with E-state index in [1.165, 1.54) is 0 Å². The molecule has 0 bridgehead atoms. The van der Waals surface area contributed by atoms with Gasteiger partial charge in [0.25, 0.3) is 0 Å². The predicted octanol–water partition coefficient (Wildman–Crippen LogP) is 1.90. The predicted molar refractivity (Wildman–Crippen MR) is 79.7 cm³/mol. The Bertz CT molecular complexity index is 589. The lowest BCUT2D eigenvalue weighted by Gasteiger charge is -2.16. The summed E-state index contributed by atoms with van der Waals surface area (Å²) in [6, 6.07) is 7.94. The Labute approximate surface area is 124 Å². The maximum atomic E-state index is 5.95. The fourth-order valence-electron chi connectivity index (χ4n) is 1.99. The van der Waals surface area contributed by atoms with Gasteiger partial charge in [0.1, 0.15) is 5.75 Å². The molecule has 0 radical (unpaired) electrons. The first kappa shape index (κ1) is 15.5. The van der Waals surface area contributed by atoms with Crippen LogP contribution in [0.15, 0.2) is 28.8 Å². The molecule has 0 atom stereocenters. The van der Waals surface area contributed by atoms with Crippen LogP contribution in [0.2, 0.25) is 0 Å². The number of hydrogen-bond donors (Lipinski definition) is 1. The number of nitrogens with zero attached hydrogens (tertiary/aromatic N) is 3. The highest BCUT2D eigenvalue weighted by Crippen LogP contribution is 2.19. The number of benzene rings is 1. The zero-order valence-electron chi connectivity index (χ0n) is 13.0. The van der Waals surface area contributed by atoms with Gasteiger partial charge in [-0.15, -0.1) is 0 Å². The fourth-order valence-corrected chi connectivity index (χ4v) is 1.99. The molecule has 0 aliphatic heterocycles. The van der Waals surface area contributed by atoms with Crippen molar-refractivity contribution in [1.29, 1.82) is 0 Å². The quantitative estimate of drug-likeness (QED) is 0.875. The third-order valence-electron chi connectivity index (χ3n) is 3.08. The van der Waals surface area contributed by atoms with Gasteiger partial charge in [-0.3, -0.25) is 4.90 Å². The monoisotopic (exact) mass is 290 g/mol. The van der Waals surface area contributed by atoms with Gasteiger partial charge in [-0.1, -0.05) is 23.4 Å². The fraction of sp³-hybridized carbons (Fsp3) is 0.467. The van der Waals surface area contributed by atoms with Crippen LogP contribution in [-0.2, 0) is 18.6 Å². The maximum Gasteiger partial charge on any atom is 0.240 e. The molecular formula is C15H22N4O2. The Morgan fingerprint density at radius 1 is 1.29 bits per heavy atom. The number of hydrogen-bond acceptors (Lipinski definition) is 6. The highest BCUT2D eigenvalue weighted by molar-refractivity contribution is 5.33. The molecule has 0 unspecified atom stereocenters. The van der Waals surface area contributed by atoms with Gasteiger partial charge in [-0.2, -0.15) is 4.98 Å². The van der Waals surface area contributed by atoms with Crippen molar-refractivity contribution in [3.63, 3.8) is 0 Å². The topological polar surface area (TPSA) is 77.4 Å². The molecule has 0 aliphatic carbocycles. The molecule has 6 heteroatoms. The Hall–Kier alpha value is -1.92. The van der Waals surface area contributed by atoms with E-state index >= 15 is 0 Å². The summed E-state index contributed by atoms with van der Waals surface area (Å²) in [5, 5.41) is 3.92.